The van der Waals surface area contributed by atoms with E-state index in [1.54, 1.807) is 0 Å². The van der Waals surface area contributed by atoms with Gasteiger partial charge >= 0.3 is 0 Å². The lowest BCUT2D eigenvalue weighted by Gasteiger charge is -2.30. The van der Waals surface area contributed by atoms with Crippen molar-refractivity contribution in [2.24, 2.45) is 10.9 Å². The first-order valence-electron chi connectivity index (χ1n) is 11.4. The number of guanidine groups is 1. The lowest BCUT2D eigenvalue weighted by atomic mass is 10.00. The number of nitrogens with zero attached hydrogens (tertiary/aromatic N) is 2. The molecule has 0 aromatic heterocycles. The average molecular weight is 546 g/mol. The zero-order valence-corrected chi connectivity index (χ0v) is 21.1. The number of hydrogen-bond acceptors (Lipinski definition) is 5. The number of aliphatic imine (C=N–C) groups is 1. The van der Waals surface area contributed by atoms with Gasteiger partial charge in [0.15, 0.2) is 5.96 Å². The standard InChI is InChI=1S/C23H38N4O3.HI/c1-2-24-23(25-10-5-12-29-17-19-9-13-30-18-19)26-14-22(28)16-27-11-8-20-6-3-4-7-21(20)15-27;/h3-4,6-7,19,22,28H,2,5,8-18H2,1H3,(H2,24,25,26);1H. The molecule has 176 valence electrons. The molecule has 1 aromatic rings. The van der Waals surface area contributed by atoms with Gasteiger partial charge in [0.1, 0.15) is 0 Å². The van der Waals surface area contributed by atoms with E-state index in [1.807, 2.05) is 6.92 Å². The Morgan fingerprint density at radius 3 is 2.94 bits per heavy atom. The van der Waals surface area contributed by atoms with Gasteiger partial charge in [0.05, 0.1) is 25.9 Å². The molecule has 1 fully saturated rings. The van der Waals surface area contributed by atoms with Gasteiger partial charge in [-0.15, -0.1) is 24.0 Å². The highest BCUT2D eigenvalue weighted by atomic mass is 127. The highest BCUT2D eigenvalue weighted by Crippen LogP contribution is 2.18. The van der Waals surface area contributed by atoms with Crippen molar-refractivity contribution in [3.05, 3.63) is 35.4 Å². The van der Waals surface area contributed by atoms with E-state index in [0.29, 0.717) is 19.0 Å². The van der Waals surface area contributed by atoms with E-state index >= 15 is 0 Å². The fourth-order valence-corrected chi connectivity index (χ4v) is 3.95. The van der Waals surface area contributed by atoms with Gasteiger partial charge in [0, 0.05) is 51.9 Å². The summed E-state index contributed by atoms with van der Waals surface area (Å²) in [5, 5.41) is 17.1. The molecule has 3 N–H and O–H groups in total. The fraction of sp³-hybridized carbons (Fsp3) is 0.696. The lowest BCUT2D eigenvalue weighted by Crippen LogP contribution is -2.40. The number of rotatable bonds is 11. The Hall–Kier alpha value is -0.940. The van der Waals surface area contributed by atoms with Gasteiger partial charge in [-0.25, -0.2) is 0 Å². The van der Waals surface area contributed by atoms with Crippen LogP contribution in [0.15, 0.2) is 29.3 Å². The second-order valence-corrected chi connectivity index (χ2v) is 8.21. The molecule has 7 nitrogen and oxygen atoms in total. The third kappa shape index (κ3) is 9.61. The summed E-state index contributed by atoms with van der Waals surface area (Å²) >= 11 is 0. The number of aliphatic hydroxyl groups is 1. The maximum absolute atomic E-state index is 10.5. The van der Waals surface area contributed by atoms with E-state index in [4.69, 9.17) is 9.47 Å². The zero-order valence-electron chi connectivity index (χ0n) is 18.7. The summed E-state index contributed by atoms with van der Waals surface area (Å²) in [7, 11) is 0. The number of halogens is 1. The Balaban J connectivity index is 0.00000341. The largest absolute Gasteiger partial charge is 0.390 e. The van der Waals surface area contributed by atoms with E-state index in [1.165, 1.54) is 11.1 Å². The fourth-order valence-electron chi connectivity index (χ4n) is 3.95. The number of nitrogens with one attached hydrogen (secondary N) is 2. The summed E-state index contributed by atoms with van der Waals surface area (Å²) in [4.78, 5) is 6.88. The maximum atomic E-state index is 10.5. The van der Waals surface area contributed by atoms with Crippen LogP contribution in [0.1, 0.15) is 30.9 Å². The molecule has 1 aromatic carbocycles. The van der Waals surface area contributed by atoms with E-state index in [2.05, 4.69) is 44.8 Å². The number of β-amino-alcohol motifs (C(OH)–C–C–N with tert-alkyl or cyclic N) is 1. The molecule has 0 amide bonds. The minimum Gasteiger partial charge on any atom is -0.390 e. The molecule has 2 heterocycles. The van der Waals surface area contributed by atoms with Crippen LogP contribution in [0.25, 0.3) is 0 Å². The van der Waals surface area contributed by atoms with Crippen molar-refractivity contribution < 1.29 is 14.6 Å². The summed E-state index contributed by atoms with van der Waals surface area (Å²) in [6, 6.07) is 8.58. The minimum absolute atomic E-state index is 0. The van der Waals surface area contributed by atoms with Crippen LogP contribution in [0, 0.1) is 5.92 Å². The van der Waals surface area contributed by atoms with Crippen molar-refractivity contribution in [2.45, 2.75) is 38.8 Å². The van der Waals surface area contributed by atoms with E-state index in [-0.39, 0.29) is 24.0 Å². The third-order valence-corrected chi connectivity index (χ3v) is 5.62. The molecular formula is C23H39IN4O3. The normalized spacial score (nSPS) is 20.1. The molecule has 2 aliphatic rings. The summed E-state index contributed by atoms with van der Waals surface area (Å²) in [6.07, 6.45) is 2.62. The first-order chi connectivity index (χ1) is 14.7. The summed E-state index contributed by atoms with van der Waals surface area (Å²) in [5.74, 6) is 1.32. The van der Waals surface area contributed by atoms with E-state index in [9.17, 15) is 5.11 Å². The molecule has 1 saturated heterocycles. The molecule has 2 unspecified atom stereocenters. The first-order valence-corrected chi connectivity index (χ1v) is 11.4. The smallest absolute Gasteiger partial charge is 0.191 e. The van der Waals surface area contributed by atoms with E-state index in [0.717, 1.165) is 77.8 Å². The topological polar surface area (TPSA) is 78.4 Å². The number of ether oxygens (including phenoxy) is 2. The third-order valence-electron chi connectivity index (χ3n) is 5.62. The van der Waals surface area contributed by atoms with Crippen molar-refractivity contribution in [2.75, 3.05) is 59.2 Å². The SMILES string of the molecule is CCNC(=NCC(O)CN1CCc2ccccc2C1)NCCCOCC1CCOC1.I. The molecule has 3 rings (SSSR count). The predicted molar refractivity (Wildman–Crippen MR) is 135 cm³/mol. The molecule has 31 heavy (non-hydrogen) atoms. The lowest BCUT2D eigenvalue weighted by molar-refractivity contribution is 0.0887. The van der Waals surface area contributed by atoms with E-state index < -0.39 is 6.10 Å². The molecule has 0 radical (unpaired) electrons. The Bertz CT molecular complexity index is 655. The van der Waals surface area contributed by atoms with Crippen LogP contribution in [-0.2, 0) is 22.4 Å². The van der Waals surface area contributed by atoms with Gasteiger partial charge in [-0.3, -0.25) is 9.89 Å². The quantitative estimate of drug-likeness (QED) is 0.171. The Morgan fingerprint density at radius 2 is 2.16 bits per heavy atom. The van der Waals surface area contributed by atoms with Crippen molar-refractivity contribution >= 4 is 29.9 Å². The van der Waals surface area contributed by atoms with Gasteiger partial charge in [-0.05, 0) is 37.3 Å². The highest BCUT2D eigenvalue weighted by molar-refractivity contribution is 14.0. The van der Waals surface area contributed by atoms with Crippen molar-refractivity contribution in [3.63, 3.8) is 0 Å². The number of hydrogen-bond donors (Lipinski definition) is 3. The number of fused-ring (bicyclic) bond motifs is 1. The summed E-state index contributed by atoms with van der Waals surface area (Å²) in [5.41, 5.74) is 2.80. The molecule has 2 aliphatic heterocycles. The van der Waals surface area contributed by atoms with Crippen LogP contribution in [0.4, 0.5) is 0 Å². The van der Waals surface area contributed by atoms with Crippen LogP contribution in [0.2, 0.25) is 0 Å². The molecule has 2 atom stereocenters. The van der Waals surface area contributed by atoms with Crippen LogP contribution in [0.5, 0.6) is 0 Å². The highest BCUT2D eigenvalue weighted by Gasteiger charge is 2.18. The molecule has 0 aliphatic carbocycles. The van der Waals surface area contributed by atoms with Gasteiger partial charge < -0.3 is 25.2 Å². The monoisotopic (exact) mass is 546 g/mol. The van der Waals surface area contributed by atoms with Gasteiger partial charge in [0.2, 0.25) is 0 Å². The summed E-state index contributed by atoms with van der Waals surface area (Å²) in [6.45, 7) is 9.81. The summed E-state index contributed by atoms with van der Waals surface area (Å²) < 4.78 is 11.1. The Kier molecular flexibility index (Phi) is 12.7. The van der Waals surface area contributed by atoms with Crippen LogP contribution in [-0.4, -0.2) is 81.2 Å². The Morgan fingerprint density at radius 1 is 1.32 bits per heavy atom. The molecule has 0 saturated carbocycles. The van der Waals surface area contributed by atoms with Crippen molar-refractivity contribution in [3.8, 4) is 0 Å². The van der Waals surface area contributed by atoms with Gasteiger partial charge in [0.25, 0.3) is 0 Å². The van der Waals surface area contributed by atoms with Crippen molar-refractivity contribution in [1.82, 2.24) is 15.5 Å². The van der Waals surface area contributed by atoms with Crippen LogP contribution >= 0.6 is 24.0 Å². The van der Waals surface area contributed by atoms with Crippen molar-refractivity contribution in [1.29, 1.82) is 0 Å². The molecular weight excluding hydrogens is 507 g/mol. The predicted octanol–water partition coefficient (Wildman–Crippen LogP) is 2.02. The molecule has 8 heteroatoms. The second kappa shape index (κ2) is 15.0. The molecule has 0 bridgehead atoms. The number of aliphatic hydroxyl groups excluding tert-OH is 1. The van der Waals surface area contributed by atoms with Gasteiger partial charge in [-0.1, -0.05) is 24.3 Å². The zero-order chi connectivity index (χ0) is 21.0. The molecule has 0 spiro atoms. The first kappa shape index (κ1) is 26.3. The van der Waals surface area contributed by atoms with Crippen LogP contribution in [0.3, 0.4) is 0 Å². The number of benzene rings is 1. The second-order valence-electron chi connectivity index (χ2n) is 8.21. The van der Waals surface area contributed by atoms with Crippen LogP contribution < -0.4 is 10.6 Å². The average Bonchev–Trinajstić information content (AvgIpc) is 3.28. The minimum atomic E-state index is -0.470. The van der Waals surface area contributed by atoms with Gasteiger partial charge in [-0.2, -0.15) is 0 Å². The Labute approximate surface area is 204 Å². The maximum Gasteiger partial charge on any atom is 0.191 e.